The topological polar surface area (TPSA) is 58.2 Å². The third-order valence-corrected chi connectivity index (χ3v) is 5.04. The second-order valence-corrected chi connectivity index (χ2v) is 7.97. The molecule has 0 bridgehead atoms. The molecule has 1 aliphatic rings. The average molecular weight is 344 g/mol. The predicted octanol–water partition coefficient (Wildman–Crippen LogP) is 4.26. The van der Waals surface area contributed by atoms with Crippen molar-refractivity contribution in [2.45, 2.75) is 65.2 Å². The zero-order valence-electron chi connectivity index (χ0n) is 16.0. The summed E-state index contributed by atoms with van der Waals surface area (Å²) in [6.07, 6.45) is 5.16. The second-order valence-electron chi connectivity index (χ2n) is 7.97. The molecule has 2 rings (SSSR count). The van der Waals surface area contributed by atoms with Gasteiger partial charge in [-0.25, -0.2) is 0 Å². The summed E-state index contributed by atoms with van der Waals surface area (Å²) >= 11 is 0. The van der Waals surface area contributed by atoms with Crippen molar-refractivity contribution in [2.75, 3.05) is 11.9 Å². The van der Waals surface area contributed by atoms with Gasteiger partial charge in [-0.05, 0) is 36.5 Å². The van der Waals surface area contributed by atoms with Gasteiger partial charge in [0.2, 0.25) is 11.8 Å². The summed E-state index contributed by atoms with van der Waals surface area (Å²) in [5, 5.41) is 6.06. The molecule has 1 aromatic carbocycles. The Kier molecular flexibility index (Phi) is 6.63. The van der Waals surface area contributed by atoms with Gasteiger partial charge in [-0.15, -0.1) is 0 Å². The molecule has 0 aliphatic heterocycles. The van der Waals surface area contributed by atoms with Crippen molar-refractivity contribution in [1.29, 1.82) is 0 Å². The minimum Gasteiger partial charge on any atom is -0.355 e. The van der Waals surface area contributed by atoms with Crippen molar-refractivity contribution in [3.8, 4) is 0 Å². The zero-order chi connectivity index (χ0) is 18.4. The number of benzene rings is 1. The average Bonchev–Trinajstić information content (AvgIpc) is 2.60. The first kappa shape index (κ1) is 19.5. The van der Waals surface area contributed by atoms with Crippen LogP contribution >= 0.6 is 0 Å². The monoisotopic (exact) mass is 344 g/mol. The summed E-state index contributed by atoms with van der Waals surface area (Å²) in [6.45, 7) is 8.68. The van der Waals surface area contributed by atoms with Gasteiger partial charge < -0.3 is 10.6 Å². The van der Waals surface area contributed by atoms with Crippen LogP contribution in [0.1, 0.15) is 65.4 Å². The molecule has 4 nitrogen and oxygen atoms in total. The molecule has 0 atom stereocenters. The Hall–Kier alpha value is -1.84. The molecule has 25 heavy (non-hydrogen) atoms. The first-order valence-corrected chi connectivity index (χ1v) is 9.55. The van der Waals surface area contributed by atoms with Gasteiger partial charge >= 0.3 is 0 Å². The van der Waals surface area contributed by atoms with Crippen LogP contribution in [0.25, 0.3) is 0 Å². The summed E-state index contributed by atoms with van der Waals surface area (Å²) < 4.78 is 0. The van der Waals surface area contributed by atoms with Gasteiger partial charge in [-0.1, -0.05) is 59.1 Å². The number of hydrogen-bond donors (Lipinski definition) is 2. The standard InChI is InChI=1S/C21H32N2O2/c1-15(2)14-22-20(25)21(12-6-5-7-13-21)17-8-10-18(11-9-17)23-19(24)16(3)4/h8-11,15-16H,5-7,12-14H2,1-4H3,(H,22,25)(H,23,24). The molecule has 1 aromatic rings. The number of carbonyl (C=O) groups excluding carboxylic acids is 2. The highest BCUT2D eigenvalue weighted by atomic mass is 16.2. The molecule has 1 saturated carbocycles. The van der Waals surface area contributed by atoms with Gasteiger partial charge in [0.25, 0.3) is 0 Å². The number of rotatable bonds is 6. The normalized spacial score (nSPS) is 16.7. The van der Waals surface area contributed by atoms with E-state index in [1.54, 1.807) is 0 Å². The van der Waals surface area contributed by atoms with E-state index in [1.807, 2.05) is 38.1 Å². The van der Waals surface area contributed by atoms with Crippen molar-refractivity contribution < 1.29 is 9.59 Å². The molecule has 2 amide bonds. The molecular formula is C21H32N2O2. The first-order chi connectivity index (χ1) is 11.8. The Labute approximate surface area is 151 Å². The van der Waals surface area contributed by atoms with E-state index in [9.17, 15) is 9.59 Å². The van der Waals surface area contributed by atoms with E-state index in [1.165, 1.54) is 6.42 Å². The lowest BCUT2D eigenvalue weighted by Gasteiger charge is -2.36. The van der Waals surface area contributed by atoms with Gasteiger partial charge in [0.1, 0.15) is 0 Å². The molecule has 138 valence electrons. The number of hydrogen-bond acceptors (Lipinski definition) is 2. The number of carbonyl (C=O) groups is 2. The fourth-order valence-electron chi connectivity index (χ4n) is 3.43. The maximum absolute atomic E-state index is 13.0. The van der Waals surface area contributed by atoms with E-state index in [0.717, 1.165) is 36.9 Å². The minimum absolute atomic E-state index is 0.00908. The number of amides is 2. The van der Waals surface area contributed by atoms with Crippen molar-refractivity contribution >= 4 is 17.5 Å². The summed E-state index contributed by atoms with van der Waals surface area (Å²) in [4.78, 5) is 24.8. The molecule has 0 saturated heterocycles. The molecule has 0 unspecified atom stereocenters. The molecule has 0 aromatic heterocycles. The Morgan fingerprint density at radius 1 is 1.00 bits per heavy atom. The fourth-order valence-corrected chi connectivity index (χ4v) is 3.43. The van der Waals surface area contributed by atoms with E-state index in [0.29, 0.717) is 12.5 Å². The molecule has 0 heterocycles. The molecule has 1 fully saturated rings. The molecular weight excluding hydrogens is 312 g/mol. The van der Waals surface area contributed by atoms with Crippen LogP contribution in [-0.4, -0.2) is 18.4 Å². The van der Waals surface area contributed by atoms with E-state index in [-0.39, 0.29) is 17.7 Å². The maximum Gasteiger partial charge on any atom is 0.230 e. The van der Waals surface area contributed by atoms with Crippen LogP contribution in [0, 0.1) is 11.8 Å². The third kappa shape index (κ3) is 4.83. The largest absolute Gasteiger partial charge is 0.355 e. The van der Waals surface area contributed by atoms with E-state index >= 15 is 0 Å². The van der Waals surface area contributed by atoms with E-state index < -0.39 is 5.41 Å². The van der Waals surface area contributed by atoms with Gasteiger partial charge in [0.15, 0.2) is 0 Å². The quantitative estimate of drug-likeness (QED) is 0.810. The number of anilines is 1. The van der Waals surface area contributed by atoms with Gasteiger partial charge in [0, 0.05) is 18.2 Å². The summed E-state index contributed by atoms with van der Waals surface area (Å²) in [6, 6.07) is 7.86. The highest BCUT2D eigenvalue weighted by Gasteiger charge is 2.40. The van der Waals surface area contributed by atoms with Crippen molar-refractivity contribution in [1.82, 2.24) is 5.32 Å². The predicted molar refractivity (Wildman–Crippen MR) is 103 cm³/mol. The fraction of sp³-hybridized carbons (Fsp3) is 0.619. The Morgan fingerprint density at radius 3 is 2.12 bits per heavy atom. The van der Waals surface area contributed by atoms with Crippen LogP contribution < -0.4 is 10.6 Å². The Balaban J connectivity index is 2.20. The number of nitrogens with one attached hydrogen (secondary N) is 2. The van der Waals surface area contributed by atoms with Crippen LogP contribution in [0.15, 0.2) is 24.3 Å². The van der Waals surface area contributed by atoms with Gasteiger partial charge in [0.05, 0.1) is 5.41 Å². The summed E-state index contributed by atoms with van der Waals surface area (Å²) in [7, 11) is 0. The maximum atomic E-state index is 13.0. The molecule has 0 spiro atoms. The van der Waals surface area contributed by atoms with E-state index in [4.69, 9.17) is 0 Å². The molecule has 0 radical (unpaired) electrons. The third-order valence-electron chi connectivity index (χ3n) is 5.04. The summed E-state index contributed by atoms with van der Waals surface area (Å²) in [5.41, 5.74) is 1.43. The van der Waals surface area contributed by atoms with Crippen LogP contribution in [0.3, 0.4) is 0 Å². The van der Waals surface area contributed by atoms with Crippen molar-refractivity contribution in [3.63, 3.8) is 0 Å². The van der Waals surface area contributed by atoms with Crippen LogP contribution in [-0.2, 0) is 15.0 Å². The lowest BCUT2D eigenvalue weighted by molar-refractivity contribution is -0.128. The highest BCUT2D eigenvalue weighted by Crippen LogP contribution is 2.40. The second kappa shape index (κ2) is 8.50. The van der Waals surface area contributed by atoms with Crippen LogP contribution in [0.4, 0.5) is 5.69 Å². The molecule has 1 aliphatic carbocycles. The lowest BCUT2D eigenvalue weighted by Crippen LogP contribution is -2.46. The first-order valence-electron chi connectivity index (χ1n) is 9.55. The van der Waals surface area contributed by atoms with Crippen LogP contribution in [0.5, 0.6) is 0 Å². The van der Waals surface area contributed by atoms with Gasteiger partial charge in [-0.2, -0.15) is 0 Å². The Bertz CT molecular complexity index is 584. The molecule has 2 N–H and O–H groups in total. The highest BCUT2D eigenvalue weighted by molar-refractivity contribution is 5.92. The zero-order valence-corrected chi connectivity index (χ0v) is 16.0. The smallest absolute Gasteiger partial charge is 0.230 e. The summed E-state index contributed by atoms with van der Waals surface area (Å²) in [5.74, 6) is 0.555. The van der Waals surface area contributed by atoms with Gasteiger partial charge in [-0.3, -0.25) is 9.59 Å². The molecule has 4 heteroatoms. The van der Waals surface area contributed by atoms with Crippen molar-refractivity contribution in [2.24, 2.45) is 11.8 Å². The Morgan fingerprint density at radius 2 is 1.60 bits per heavy atom. The van der Waals surface area contributed by atoms with Crippen LogP contribution in [0.2, 0.25) is 0 Å². The van der Waals surface area contributed by atoms with E-state index in [2.05, 4.69) is 24.5 Å². The van der Waals surface area contributed by atoms with Crippen molar-refractivity contribution in [3.05, 3.63) is 29.8 Å². The lowest BCUT2D eigenvalue weighted by atomic mass is 9.68. The SMILES string of the molecule is CC(C)CNC(=O)C1(c2ccc(NC(=O)C(C)C)cc2)CCCCC1. The minimum atomic E-state index is -0.423.